The molecule has 1 aliphatic heterocycles. The lowest BCUT2D eigenvalue weighted by Gasteiger charge is -2.31. The van der Waals surface area contributed by atoms with Crippen molar-refractivity contribution in [3.8, 4) is 0 Å². The second-order valence-corrected chi connectivity index (χ2v) is 4.04. The number of nitrogens with zero attached hydrogens (tertiary/aromatic N) is 4. The minimum Gasteiger partial charge on any atom is -0.409 e. The van der Waals surface area contributed by atoms with Gasteiger partial charge in [-0.25, -0.2) is 0 Å². The summed E-state index contributed by atoms with van der Waals surface area (Å²) in [6.07, 6.45) is -0.579. The Morgan fingerprint density at radius 3 is 3.24 bits per heavy atom. The number of ether oxygens (including phenoxy) is 1. The number of carbonyl (C=O) groups excluding carboxylic acids is 1. The Labute approximate surface area is 101 Å². The van der Waals surface area contributed by atoms with E-state index in [1.807, 2.05) is 0 Å². The van der Waals surface area contributed by atoms with E-state index >= 15 is 0 Å². The molecule has 0 radical (unpaired) electrons. The van der Waals surface area contributed by atoms with Crippen LogP contribution in [-0.2, 0) is 4.74 Å². The van der Waals surface area contributed by atoms with Crippen LogP contribution in [0.5, 0.6) is 0 Å². The monoisotopic (exact) mass is 257 g/mol. The maximum atomic E-state index is 11.9. The highest BCUT2D eigenvalue weighted by molar-refractivity contribution is 7.03. The first-order chi connectivity index (χ1) is 8.22. The van der Waals surface area contributed by atoms with Crippen LogP contribution in [0.3, 0.4) is 0 Å². The number of carbonyl (C=O) groups is 1. The molecule has 0 aromatic carbocycles. The summed E-state index contributed by atoms with van der Waals surface area (Å²) in [5, 5.41) is 16.7. The Kier molecular flexibility index (Phi) is 3.49. The lowest BCUT2D eigenvalue weighted by molar-refractivity contribution is 0.00648. The van der Waals surface area contributed by atoms with Crippen molar-refractivity contribution < 1.29 is 14.7 Å². The van der Waals surface area contributed by atoms with Crippen molar-refractivity contribution in [3.63, 3.8) is 0 Å². The number of amidine groups is 1. The summed E-state index contributed by atoms with van der Waals surface area (Å²) in [6, 6.07) is 0. The van der Waals surface area contributed by atoms with Crippen molar-refractivity contribution in [2.24, 2.45) is 10.9 Å². The molecule has 1 amide bonds. The molecule has 1 aromatic rings. The van der Waals surface area contributed by atoms with Gasteiger partial charge in [0.2, 0.25) is 0 Å². The zero-order valence-corrected chi connectivity index (χ0v) is 9.63. The molecule has 1 unspecified atom stereocenters. The summed E-state index contributed by atoms with van der Waals surface area (Å²) in [7, 11) is 0. The fraction of sp³-hybridized carbons (Fsp3) is 0.500. The summed E-state index contributed by atoms with van der Waals surface area (Å²) >= 11 is 1.12. The zero-order chi connectivity index (χ0) is 12.3. The van der Waals surface area contributed by atoms with Gasteiger partial charge in [-0.1, -0.05) is 9.64 Å². The summed E-state index contributed by atoms with van der Waals surface area (Å²) < 4.78 is 8.92. The second kappa shape index (κ2) is 5.06. The Balaban J connectivity index is 2.05. The zero-order valence-electron chi connectivity index (χ0n) is 8.81. The van der Waals surface area contributed by atoms with E-state index in [1.165, 1.54) is 0 Å². The molecular formula is C8H11N5O3S. The van der Waals surface area contributed by atoms with Gasteiger partial charge in [-0.05, 0) is 11.5 Å². The third-order valence-electron chi connectivity index (χ3n) is 2.38. The molecule has 2 rings (SSSR count). The highest BCUT2D eigenvalue weighted by Gasteiger charge is 2.28. The SMILES string of the molecule is NC(=NO)C1CN(C(=O)c2csnn2)CCO1. The van der Waals surface area contributed by atoms with E-state index in [1.54, 1.807) is 10.3 Å². The Morgan fingerprint density at radius 2 is 2.59 bits per heavy atom. The average Bonchev–Trinajstić information content (AvgIpc) is 2.91. The van der Waals surface area contributed by atoms with Crippen LogP contribution in [0.4, 0.5) is 0 Å². The third kappa shape index (κ3) is 2.50. The molecular weight excluding hydrogens is 246 g/mol. The van der Waals surface area contributed by atoms with Crippen LogP contribution in [0.2, 0.25) is 0 Å². The van der Waals surface area contributed by atoms with Crippen molar-refractivity contribution >= 4 is 23.3 Å². The number of amides is 1. The molecule has 1 atom stereocenters. The van der Waals surface area contributed by atoms with Crippen molar-refractivity contribution in [3.05, 3.63) is 11.1 Å². The van der Waals surface area contributed by atoms with Gasteiger partial charge in [0, 0.05) is 11.9 Å². The molecule has 1 aliphatic rings. The lowest BCUT2D eigenvalue weighted by atomic mass is 10.2. The predicted octanol–water partition coefficient (Wildman–Crippen LogP) is -0.875. The fourth-order valence-corrected chi connectivity index (χ4v) is 1.93. The van der Waals surface area contributed by atoms with Gasteiger partial charge in [-0.2, -0.15) is 0 Å². The number of hydrogen-bond acceptors (Lipinski definition) is 7. The standard InChI is InChI=1S/C8H11N5O3S/c9-7(11-15)6-3-13(1-2-16-6)8(14)5-4-17-12-10-5/h4,6,15H,1-3H2,(H2,9,11). The lowest BCUT2D eigenvalue weighted by Crippen LogP contribution is -2.50. The van der Waals surface area contributed by atoms with Crippen LogP contribution >= 0.6 is 11.5 Å². The van der Waals surface area contributed by atoms with Crippen LogP contribution in [0.1, 0.15) is 10.5 Å². The molecule has 17 heavy (non-hydrogen) atoms. The second-order valence-electron chi connectivity index (χ2n) is 3.43. The smallest absolute Gasteiger partial charge is 0.275 e. The quantitative estimate of drug-likeness (QED) is 0.308. The molecule has 0 bridgehead atoms. The summed E-state index contributed by atoms with van der Waals surface area (Å²) in [4.78, 5) is 13.5. The van der Waals surface area contributed by atoms with E-state index in [0.717, 1.165) is 11.5 Å². The number of morpholine rings is 1. The van der Waals surface area contributed by atoms with Gasteiger partial charge in [-0.3, -0.25) is 4.79 Å². The molecule has 3 N–H and O–H groups in total. The predicted molar refractivity (Wildman–Crippen MR) is 59.0 cm³/mol. The first-order valence-corrected chi connectivity index (χ1v) is 5.71. The van der Waals surface area contributed by atoms with Gasteiger partial charge in [-0.15, -0.1) is 5.10 Å². The summed E-state index contributed by atoms with van der Waals surface area (Å²) in [6.45, 7) is 1.03. The average molecular weight is 257 g/mol. The van der Waals surface area contributed by atoms with E-state index < -0.39 is 6.10 Å². The largest absolute Gasteiger partial charge is 0.409 e. The molecule has 0 spiro atoms. The van der Waals surface area contributed by atoms with Gasteiger partial charge >= 0.3 is 0 Å². The number of aromatic nitrogens is 2. The fourth-order valence-electron chi connectivity index (χ4n) is 1.50. The van der Waals surface area contributed by atoms with Gasteiger partial charge < -0.3 is 20.6 Å². The van der Waals surface area contributed by atoms with Crippen molar-refractivity contribution in [1.29, 1.82) is 0 Å². The summed E-state index contributed by atoms with van der Waals surface area (Å²) in [5.74, 6) is -0.267. The number of oxime groups is 1. The van der Waals surface area contributed by atoms with Crippen LogP contribution in [0.15, 0.2) is 10.5 Å². The minimum absolute atomic E-state index is 0.0427. The highest BCUT2D eigenvalue weighted by Crippen LogP contribution is 2.10. The Hall–Kier alpha value is -1.74. The molecule has 1 aromatic heterocycles. The molecule has 0 saturated carbocycles. The van der Waals surface area contributed by atoms with Crippen molar-refractivity contribution in [2.75, 3.05) is 19.7 Å². The highest BCUT2D eigenvalue weighted by atomic mass is 32.1. The number of nitrogens with two attached hydrogens (primary N) is 1. The van der Waals surface area contributed by atoms with E-state index in [9.17, 15) is 4.79 Å². The molecule has 1 saturated heterocycles. The number of rotatable bonds is 2. The normalized spacial score (nSPS) is 21.5. The van der Waals surface area contributed by atoms with Gasteiger partial charge in [0.25, 0.3) is 5.91 Å². The minimum atomic E-state index is -0.579. The van der Waals surface area contributed by atoms with E-state index in [2.05, 4.69) is 14.7 Å². The van der Waals surface area contributed by atoms with Crippen LogP contribution in [0.25, 0.3) is 0 Å². The van der Waals surface area contributed by atoms with Crippen molar-refractivity contribution in [1.82, 2.24) is 14.5 Å². The van der Waals surface area contributed by atoms with Crippen LogP contribution in [0, 0.1) is 0 Å². The third-order valence-corrected chi connectivity index (χ3v) is 2.88. The topological polar surface area (TPSA) is 114 Å². The van der Waals surface area contributed by atoms with Crippen LogP contribution < -0.4 is 5.73 Å². The van der Waals surface area contributed by atoms with E-state index in [4.69, 9.17) is 15.7 Å². The molecule has 0 aliphatic carbocycles. The Bertz CT molecular complexity index is 421. The maximum Gasteiger partial charge on any atom is 0.275 e. The Morgan fingerprint density at radius 1 is 1.76 bits per heavy atom. The molecule has 9 heteroatoms. The van der Waals surface area contributed by atoms with Gasteiger partial charge in [0.1, 0.15) is 6.10 Å². The molecule has 8 nitrogen and oxygen atoms in total. The van der Waals surface area contributed by atoms with E-state index in [0.29, 0.717) is 18.8 Å². The van der Waals surface area contributed by atoms with Gasteiger partial charge in [0.15, 0.2) is 11.5 Å². The first-order valence-electron chi connectivity index (χ1n) is 4.87. The van der Waals surface area contributed by atoms with Crippen molar-refractivity contribution in [2.45, 2.75) is 6.10 Å². The molecule has 1 fully saturated rings. The first kappa shape index (κ1) is 11.7. The number of hydrogen-bond donors (Lipinski definition) is 2. The summed E-state index contributed by atoms with van der Waals surface area (Å²) in [5.41, 5.74) is 5.74. The molecule has 92 valence electrons. The van der Waals surface area contributed by atoms with Gasteiger partial charge in [0.05, 0.1) is 13.2 Å². The van der Waals surface area contributed by atoms with E-state index in [-0.39, 0.29) is 18.3 Å². The molecule has 2 heterocycles. The maximum absolute atomic E-state index is 11.9. The van der Waals surface area contributed by atoms with Crippen LogP contribution in [-0.4, -0.2) is 57.2 Å².